The van der Waals surface area contributed by atoms with Crippen LogP contribution in [0.25, 0.3) is 0 Å². The van der Waals surface area contributed by atoms with Gasteiger partial charge < -0.3 is 10.0 Å². The lowest BCUT2D eigenvalue weighted by Crippen LogP contribution is -2.53. The largest absolute Gasteiger partial charge is 0.481 e. The lowest BCUT2D eigenvalue weighted by Gasteiger charge is -2.37. The zero-order valence-electron chi connectivity index (χ0n) is 15.7. The maximum absolute atomic E-state index is 13.0. The quantitative estimate of drug-likeness (QED) is 0.765. The van der Waals surface area contributed by atoms with Crippen LogP contribution in [0, 0.1) is 30.6 Å². The number of nitrogens with zero attached hydrogens (tertiary/aromatic N) is 2. The average Bonchev–Trinajstić information content (AvgIpc) is 3.29. The van der Waals surface area contributed by atoms with Crippen molar-refractivity contribution in [3.05, 3.63) is 42.0 Å². The number of carbonyl (C=O) groups is 2. The van der Waals surface area contributed by atoms with Crippen molar-refractivity contribution in [1.82, 2.24) is 9.21 Å². The molecule has 1 N–H and O–H groups in total. The van der Waals surface area contributed by atoms with E-state index in [1.807, 2.05) is 19.1 Å². The van der Waals surface area contributed by atoms with Gasteiger partial charge in [0, 0.05) is 26.2 Å². The number of amides is 1. The molecule has 4 atom stereocenters. The number of carboxylic acid groups (broad SMARTS) is 1. The molecule has 3 aliphatic rings. The van der Waals surface area contributed by atoms with Crippen molar-refractivity contribution in [2.24, 2.45) is 23.7 Å². The van der Waals surface area contributed by atoms with Crippen LogP contribution >= 0.6 is 0 Å². The molecule has 2 fully saturated rings. The summed E-state index contributed by atoms with van der Waals surface area (Å²) in [5.41, 5.74) is 0.988. The van der Waals surface area contributed by atoms with Crippen LogP contribution in [0.4, 0.5) is 0 Å². The fourth-order valence-corrected chi connectivity index (χ4v) is 6.14. The minimum Gasteiger partial charge on any atom is -0.481 e. The lowest BCUT2D eigenvalue weighted by molar-refractivity contribution is -0.151. The summed E-state index contributed by atoms with van der Waals surface area (Å²) >= 11 is 0. The van der Waals surface area contributed by atoms with E-state index in [1.54, 1.807) is 29.2 Å². The van der Waals surface area contributed by atoms with Gasteiger partial charge in [0.15, 0.2) is 0 Å². The highest BCUT2D eigenvalue weighted by Crippen LogP contribution is 2.48. The Morgan fingerprint density at radius 2 is 1.54 bits per heavy atom. The van der Waals surface area contributed by atoms with Crippen molar-refractivity contribution in [1.29, 1.82) is 0 Å². The molecule has 0 radical (unpaired) electrons. The number of fused-ring (bicyclic) bond motifs is 2. The number of hydrogen-bond donors (Lipinski definition) is 1. The first kappa shape index (κ1) is 19.1. The third-order valence-corrected chi connectivity index (χ3v) is 8.15. The number of allylic oxidation sites excluding steroid dienone is 2. The number of sulfonamides is 1. The van der Waals surface area contributed by atoms with E-state index in [4.69, 9.17) is 0 Å². The van der Waals surface area contributed by atoms with Crippen LogP contribution in [0.3, 0.4) is 0 Å². The maximum Gasteiger partial charge on any atom is 0.307 e. The van der Waals surface area contributed by atoms with Crippen molar-refractivity contribution in [2.75, 3.05) is 26.2 Å². The molecule has 0 spiro atoms. The Kier molecular flexibility index (Phi) is 4.79. The second kappa shape index (κ2) is 7.00. The number of carboxylic acids is 1. The normalized spacial score (nSPS) is 30.0. The Morgan fingerprint density at radius 3 is 2.11 bits per heavy atom. The molecule has 0 aromatic heterocycles. The summed E-state index contributed by atoms with van der Waals surface area (Å²) in [7, 11) is -3.59. The van der Waals surface area contributed by atoms with Crippen LogP contribution in [-0.4, -0.2) is 60.8 Å². The van der Waals surface area contributed by atoms with Crippen LogP contribution in [-0.2, 0) is 19.6 Å². The van der Waals surface area contributed by atoms with Crippen LogP contribution in [0.5, 0.6) is 0 Å². The molecule has 1 heterocycles. The van der Waals surface area contributed by atoms with Crippen molar-refractivity contribution >= 4 is 21.9 Å². The van der Waals surface area contributed by atoms with Gasteiger partial charge in [0.05, 0.1) is 16.7 Å². The molecule has 4 rings (SSSR count). The van der Waals surface area contributed by atoms with Gasteiger partial charge in [-0.05, 0) is 37.3 Å². The Bertz CT molecular complexity index is 916. The van der Waals surface area contributed by atoms with Crippen LogP contribution in [0.15, 0.2) is 41.3 Å². The third kappa shape index (κ3) is 3.14. The Morgan fingerprint density at radius 1 is 0.964 bits per heavy atom. The minimum absolute atomic E-state index is 0.0204. The highest BCUT2D eigenvalue weighted by Gasteiger charge is 2.52. The van der Waals surface area contributed by atoms with Gasteiger partial charge in [-0.25, -0.2) is 8.42 Å². The standard InChI is InChI=1S/C20H24N2O5S/c1-13-2-6-16(7-3-13)28(26,27)22-10-8-21(9-11-22)19(23)17-14-4-5-15(12-14)18(17)20(24)25/h2-7,14-15,17-18H,8-12H2,1H3,(H,24,25)/t14-,15-,17+,18-/m0/s1. The van der Waals surface area contributed by atoms with Gasteiger partial charge in [-0.2, -0.15) is 4.31 Å². The zero-order chi connectivity index (χ0) is 20.1. The fourth-order valence-electron chi connectivity index (χ4n) is 4.71. The van der Waals surface area contributed by atoms with E-state index in [1.165, 1.54) is 4.31 Å². The molecule has 1 aromatic carbocycles. The van der Waals surface area contributed by atoms with Crippen molar-refractivity contribution in [3.63, 3.8) is 0 Å². The molecular formula is C20H24N2O5S. The van der Waals surface area contributed by atoms with Gasteiger partial charge in [-0.15, -0.1) is 0 Å². The summed E-state index contributed by atoms with van der Waals surface area (Å²) in [5.74, 6) is -2.37. The minimum atomic E-state index is -3.59. The third-order valence-electron chi connectivity index (χ3n) is 6.24. The number of rotatable bonds is 4. The van der Waals surface area contributed by atoms with E-state index in [9.17, 15) is 23.1 Å². The molecule has 1 aromatic rings. The lowest BCUT2D eigenvalue weighted by atomic mass is 9.82. The summed E-state index contributed by atoms with van der Waals surface area (Å²) < 4.78 is 27.0. The summed E-state index contributed by atoms with van der Waals surface area (Å²) in [6.07, 6.45) is 4.60. The molecule has 1 saturated carbocycles. The molecular weight excluding hydrogens is 380 g/mol. The van der Waals surface area contributed by atoms with Gasteiger partial charge >= 0.3 is 5.97 Å². The van der Waals surface area contributed by atoms with E-state index in [2.05, 4.69) is 0 Å². The van der Waals surface area contributed by atoms with Crippen LogP contribution in [0.1, 0.15) is 12.0 Å². The topological polar surface area (TPSA) is 95.0 Å². The Balaban J connectivity index is 1.44. The second-order valence-electron chi connectivity index (χ2n) is 7.88. The summed E-state index contributed by atoms with van der Waals surface area (Å²) in [6, 6.07) is 6.73. The van der Waals surface area contributed by atoms with Crippen molar-refractivity contribution in [3.8, 4) is 0 Å². The number of aliphatic carboxylic acids is 1. The van der Waals surface area contributed by atoms with E-state index >= 15 is 0 Å². The molecule has 28 heavy (non-hydrogen) atoms. The van der Waals surface area contributed by atoms with E-state index in [0.29, 0.717) is 0 Å². The van der Waals surface area contributed by atoms with Gasteiger partial charge in [0.2, 0.25) is 15.9 Å². The van der Waals surface area contributed by atoms with Gasteiger partial charge in [-0.3, -0.25) is 9.59 Å². The number of hydrogen-bond acceptors (Lipinski definition) is 4. The SMILES string of the molecule is Cc1ccc(S(=O)(=O)N2CCN(C(=O)[C@H]3[C@@H](C(=O)O)[C@H]4C=C[C@H]3C4)CC2)cc1. The zero-order valence-corrected chi connectivity index (χ0v) is 16.5. The van der Waals surface area contributed by atoms with Gasteiger partial charge in [0.1, 0.15) is 0 Å². The predicted molar refractivity (Wildman–Crippen MR) is 102 cm³/mol. The van der Waals surface area contributed by atoms with E-state index < -0.39 is 27.8 Å². The fraction of sp³-hybridized carbons (Fsp3) is 0.500. The van der Waals surface area contributed by atoms with Crippen LogP contribution < -0.4 is 0 Å². The first-order valence-corrected chi connectivity index (χ1v) is 11.0. The van der Waals surface area contributed by atoms with Crippen molar-refractivity contribution < 1.29 is 23.1 Å². The van der Waals surface area contributed by atoms with Gasteiger partial charge in [-0.1, -0.05) is 29.8 Å². The Hall–Kier alpha value is -2.19. The highest BCUT2D eigenvalue weighted by molar-refractivity contribution is 7.89. The number of aryl methyl sites for hydroxylation is 1. The predicted octanol–water partition coefficient (Wildman–Crippen LogP) is 1.35. The molecule has 1 aliphatic heterocycles. The molecule has 7 nitrogen and oxygen atoms in total. The first-order valence-electron chi connectivity index (χ1n) is 9.56. The average molecular weight is 404 g/mol. The molecule has 1 amide bonds. The number of benzene rings is 1. The number of carbonyl (C=O) groups excluding carboxylic acids is 1. The highest BCUT2D eigenvalue weighted by atomic mass is 32.2. The molecule has 0 unspecified atom stereocenters. The molecule has 2 aliphatic carbocycles. The maximum atomic E-state index is 13.0. The first-order chi connectivity index (χ1) is 13.3. The van der Waals surface area contributed by atoms with E-state index in [0.717, 1.165) is 12.0 Å². The summed E-state index contributed by atoms with van der Waals surface area (Å²) in [4.78, 5) is 26.6. The second-order valence-corrected chi connectivity index (χ2v) is 9.82. The Labute approximate surface area is 164 Å². The number of piperazine rings is 1. The smallest absolute Gasteiger partial charge is 0.307 e. The summed E-state index contributed by atoms with van der Waals surface area (Å²) in [6.45, 7) is 2.91. The summed E-state index contributed by atoms with van der Waals surface area (Å²) in [5, 5.41) is 9.56. The molecule has 1 saturated heterocycles. The van der Waals surface area contributed by atoms with E-state index in [-0.39, 0.29) is 48.8 Å². The molecule has 2 bridgehead atoms. The molecule has 8 heteroatoms. The van der Waals surface area contributed by atoms with Crippen LogP contribution in [0.2, 0.25) is 0 Å². The van der Waals surface area contributed by atoms with Crippen molar-refractivity contribution in [2.45, 2.75) is 18.2 Å². The monoisotopic (exact) mass is 404 g/mol. The van der Waals surface area contributed by atoms with Gasteiger partial charge in [0.25, 0.3) is 0 Å². The molecule has 150 valence electrons.